The van der Waals surface area contributed by atoms with E-state index in [9.17, 15) is 4.39 Å². The summed E-state index contributed by atoms with van der Waals surface area (Å²) in [6.45, 7) is 0. The van der Waals surface area contributed by atoms with Crippen molar-refractivity contribution in [3.8, 4) is 5.75 Å². The zero-order valence-corrected chi connectivity index (χ0v) is 9.56. The molecular formula is C9H13Cl2FN2O. The summed E-state index contributed by atoms with van der Waals surface area (Å²) in [5, 5.41) is 0. The van der Waals surface area contributed by atoms with Gasteiger partial charge < -0.3 is 10.5 Å². The Labute approximate surface area is 100 Å². The molecule has 1 aliphatic carbocycles. The van der Waals surface area contributed by atoms with Gasteiger partial charge in [0.25, 0.3) is 0 Å². The van der Waals surface area contributed by atoms with Crippen LogP contribution in [0.25, 0.3) is 0 Å². The Kier molecular flexibility index (Phi) is 5.87. The van der Waals surface area contributed by atoms with Crippen molar-refractivity contribution >= 4 is 24.8 Å². The number of halogens is 3. The van der Waals surface area contributed by atoms with Crippen molar-refractivity contribution in [1.82, 2.24) is 4.98 Å². The first-order valence-corrected chi connectivity index (χ1v) is 4.28. The lowest BCUT2D eigenvalue weighted by atomic mass is 9.90. The molecule has 3 nitrogen and oxygen atoms in total. The number of ether oxygens (including phenoxy) is 1. The number of hydrogen-bond acceptors (Lipinski definition) is 3. The van der Waals surface area contributed by atoms with Crippen molar-refractivity contribution in [3.63, 3.8) is 0 Å². The predicted molar refractivity (Wildman–Crippen MR) is 60.3 cm³/mol. The van der Waals surface area contributed by atoms with Crippen molar-refractivity contribution in [3.05, 3.63) is 24.3 Å². The van der Waals surface area contributed by atoms with Crippen LogP contribution in [0.5, 0.6) is 5.75 Å². The van der Waals surface area contributed by atoms with Gasteiger partial charge in [0.15, 0.2) is 0 Å². The second-order valence-corrected chi connectivity index (χ2v) is 3.29. The highest BCUT2D eigenvalue weighted by Gasteiger charge is 2.27. The van der Waals surface area contributed by atoms with Gasteiger partial charge >= 0.3 is 0 Å². The van der Waals surface area contributed by atoms with Gasteiger partial charge in [0.05, 0.1) is 6.20 Å². The topological polar surface area (TPSA) is 48.1 Å². The van der Waals surface area contributed by atoms with Crippen molar-refractivity contribution in [2.24, 2.45) is 5.73 Å². The third-order valence-corrected chi connectivity index (χ3v) is 2.13. The minimum absolute atomic E-state index is 0. The highest BCUT2D eigenvalue weighted by atomic mass is 35.5. The Morgan fingerprint density at radius 3 is 2.47 bits per heavy atom. The molecule has 0 bridgehead atoms. The third kappa shape index (κ3) is 3.81. The number of hydrogen-bond donors (Lipinski definition) is 1. The zero-order chi connectivity index (χ0) is 9.26. The summed E-state index contributed by atoms with van der Waals surface area (Å²) in [5.41, 5.74) is 5.59. The number of rotatable bonds is 2. The molecule has 0 saturated heterocycles. The molecule has 2 N–H and O–H groups in total. The molecule has 0 radical (unpaired) electrons. The normalized spacial score (nSPS) is 23.1. The molecule has 0 spiro atoms. The molecule has 86 valence electrons. The molecule has 1 saturated carbocycles. The van der Waals surface area contributed by atoms with E-state index >= 15 is 0 Å². The lowest BCUT2D eigenvalue weighted by molar-refractivity contribution is 0.100. The molecular weight excluding hydrogens is 242 g/mol. The van der Waals surface area contributed by atoms with Crippen molar-refractivity contribution in [2.45, 2.75) is 25.0 Å². The standard InChI is InChI=1S/C9H11FN2O.2ClH/c10-9-2-1-7(5-12-9)13-8-3-6(11)4-8;;/h1-2,5-6,8H,3-4,11H2;2*1H. The first-order chi connectivity index (χ1) is 6.24. The van der Waals surface area contributed by atoms with Crippen LogP contribution in [-0.2, 0) is 0 Å². The van der Waals surface area contributed by atoms with E-state index in [-0.39, 0.29) is 37.0 Å². The van der Waals surface area contributed by atoms with Gasteiger partial charge in [-0.15, -0.1) is 24.8 Å². The van der Waals surface area contributed by atoms with Gasteiger partial charge in [0.1, 0.15) is 11.9 Å². The third-order valence-electron chi connectivity index (χ3n) is 2.13. The molecule has 1 aromatic rings. The van der Waals surface area contributed by atoms with Crippen molar-refractivity contribution in [2.75, 3.05) is 0 Å². The van der Waals surface area contributed by atoms with Gasteiger partial charge in [0.2, 0.25) is 5.95 Å². The smallest absolute Gasteiger partial charge is 0.213 e. The van der Waals surface area contributed by atoms with E-state index in [0.29, 0.717) is 5.75 Å². The molecule has 0 amide bonds. The Morgan fingerprint density at radius 1 is 1.33 bits per heavy atom. The van der Waals surface area contributed by atoms with E-state index in [1.807, 2.05) is 0 Å². The van der Waals surface area contributed by atoms with E-state index in [2.05, 4.69) is 4.98 Å². The van der Waals surface area contributed by atoms with Crippen LogP contribution in [0.4, 0.5) is 4.39 Å². The van der Waals surface area contributed by atoms with E-state index in [4.69, 9.17) is 10.5 Å². The SMILES string of the molecule is Cl.Cl.NC1CC(Oc2ccc(F)nc2)C1. The fraction of sp³-hybridized carbons (Fsp3) is 0.444. The minimum atomic E-state index is -0.488. The maximum atomic E-state index is 12.4. The lowest BCUT2D eigenvalue weighted by Gasteiger charge is -2.32. The fourth-order valence-corrected chi connectivity index (χ4v) is 1.33. The van der Waals surface area contributed by atoms with Crippen LogP contribution in [-0.4, -0.2) is 17.1 Å². The van der Waals surface area contributed by atoms with Crippen molar-refractivity contribution in [1.29, 1.82) is 0 Å². The molecule has 0 aliphatic heterocycles. The van der Waals surface area contributed by atoms with Gasteiger partial charge in [-0.05, 0) is 25.0 Å². The number of pyridine rings is 1. The van der Waals surface area contributed by atoms with Crippen LogP contribution < -0.4 is 10.5 Å². The average Bonchev–Trinajstić information content (AvgIpc) is 2.06. The summed E-state index contributed by atoms with van der Waals surface area (Å²) in [6.07, 6.45) is 3.32. The van der Waals surface area contributed by atoms with E-state index in [0.717, 1.165) is 12.8 Å². The summed E-state index contributed by atoms with van der Waals surface area (Å²) in [6, 6.07) is 3.12. The first kappa shape index (κ1) is 14.4. The van der Waals surface area contributed by atoms with Gasteiger partial charge in [-0.1, -0.05) is 0 Å². The lowest BCUT2D eigenvalue weighted by Crippen LogP contribution is -2.43. The van der Waals surface area contributed by atoms with E-state index < -0.39 is 5.95 Å². The molecule has 0 unspecified atom stereocenters. The fourth-order valence-electron chi connectivity index (χ4n) is 1.33. The predicted octanol–water partition coefficient (Wildman–Crippen LogP) is 1.93. The van der Waals surface area contributed by atoms with E-state index in [1.165, 1.54) is 12.3 Å². The summed E-state index contributed by atoms with van der Waals surface area (Å²) in [5.74, 6) is 0.121. The van der Waals surface area contributed by atoms with Crippen LogP contribution in [0, 0.1) is 5.95 Å². The van der Waals surface area contributed by atoms with Crippen LogP contribution in [0.2, 0.25) is 0 Å². The van der Waals surface area contributed by atoms with Crippen LogP contribution >= 0.6 is 24.8 Å². The second kappa shape index (κ2) is 6.10. The largest absolute Gasteiger partial charge is 0.489 e. The van der Waals surface area contributed by atoms with Crippen molar-refractivity contribution < 1.29 is 9.13 Å². The van der Waals surface area contributed by atoms with Gasteiger partial charge in [-0.2, -0.15) is 4.39 Å². The molecule has 1 fully saturated rings. The molecule has 1 aliphatic rings. The average molecular weight is 255 g/mol. The van der Waals surface area contributed by atoms with Gasteiger partial charge in [-0.3, -0.25) is 0 Å². The quantitative estimate of drug-likeness (QED) is 0.821. The summed E-state index contributed by atoms with van der Waals surface area (Å²) >= 11 is 0. The first-order valence-electron chi connectivity index (χ1n) is 4.28. The molecule has 0 atom stereocenters. The van der Waals surface area contributed by atoms with Crippen LogP contribution in [0.3, 0.4) is 0 Å². The van der Waals surface area contributed by atoms with Crippen LogP contribution in [0.1, 0.15) is 12.8 Å². The monoisotopic (exact) mass is 254 g/mol. The Balaban J connectivity index is 0.000000980. The molecule has 1 heterocycles. The maximum Gasteiger partial charge on any atom is 0.213 e. The summed E-state index contributed by atoms with van der Waals surface area (Å²) < 4.78 is 17.9. The minimum Gasteiger partial charge on any atom is -0.489 e. The Hall–Kier alpha value is -0.580. The molecule has 0 aromatic carbocycles. The number of nitrogens with zero attached hydrogens (tertiary/aromatic N) is 1. The second-order valence-electron chi connectivity index (χ2n) is 3.29. The van der Waals surface area contributed by atoms with Crippen LogP contribution in [0.15, 0.2) is 18.3 Å². The molecule has 2 rings (SSSR count). The summed E-state index contributed by atoms with van der Waals surface area (Å²) in [7, 11) is 0. The molecule has 1 aromatic heterocycles. The number of aromatic nitrogens is 1. The number of nitrogens with two attached hydrogens (primary N) is 1. The maximum absolute atomic E-state index is 12.4. The highest BCUT2D eigenvalue weighted by Crippen LogP contribution is 2.23. The zero-order valence-electron chi connectivity index (χ0n) is 7.93. The van der Waals surface area contributed by atoms with Gasteiger partial charge in [0, 0.05) is 6.04 Å². The molecule has 15 heavy (non-hydrogen) atoms. The van der Waals surface area contributed by atoms with Gasteiger partial charge in [-0.25, -0.2) is 4.98 Å². The summed E-state index contributed by atoms with van der Waals surface area (Å²) in [4.78, 5) is 3.49. The Morgan fingerprint density at radius 2 is 2.00 bits per heavy atom. The Bertz CT molecular complexity index is 291. The highest BCUT2D eigenvalue weighted by molar-refractivity contribution is 5.85. The molecule has 6 heteroatoms. The van der Waals surface area contributed by atoms with E-state index in [1.54, 1.807) is 6.07 Å².